The summed E-state index contributed by atoms with van der Waals surface area (Å²) in [4.78, 5) is 2.61. The van der Waals surface area contributed by atoms with E-state index in [2.05, 4.69) is 18.9 Å². The molecule has 17 heavy (non-hydrogen) atoms. The third-order valence-electron chi connectivity index (χ3n) is 5.18. The minimum Gasteiger partial charge on any atom is -0.327 e. The Morgan fingerprint density at radius 3 is 2.35 bits per heavy atom. The zero-order valence-electron chi connectivity index (χ0n) is 11.7. The minimum absolute atomic E-state index is 0.495. The van der Waals surface area contributed by atoms with Crippen LogP contribution in [0.4, 0.5) is 0 Å². The molecule has 2 N–H and O–H groups in total. The Hall–Kier alpha value is -0.0800. The summed E-state index contributed by atoms with van der Waals surface area (Å²) in [6.45, 7) is 3.66. The van der Waals surface area contributed by atoms with E-state index in [1.54, 1.807) is 0 Å². The number of nitrogens with two attached hydrogens (primary N) is 1. The van der Waals surface area contributed by atoms with Gasteiger partial charge >= 0.3 is 0 Å². The third kappa shape index (κ3) is 3.69. The maximum atomic E-state index is 6.14. The molecule has 2 heteroatoms. The molecule has 2 aliphatic rings. The Labute approximate surface area is 107 Å². The van der Waals surface area contributed by atoms with E-state index in [0.29, 0.717) is 6.04 Å². The maximum Gasteiger partial charge on any atom is 0.00924 e. The number of hydrogen-bond acceptors (Lipinski definition) is 2. The quantitative estimate of drug-likeness (QED) is 0.816. The molecule has 0 aromatic carbocycles. The fraction of sp³-hybridized carbons (Fsp3) is 1.00. The summed E-state index contributed by atoms with van der Waals surface area (Å²) in [6.07, 6.45) is 11.0. The number of hydrogen-bond donors (Lipinski definition) is 1. The van der Waals surface area contributed by atoms with Gasteiger partial charge < -0.3 is 10.6 Å². The molecule has 2 aliphatic carbocycles. The van der Waals surface area contributed by atoms with Crippen LogP contribution in [0.5, 0.6) is 0 Å². The Morgan fingerprint density at radius 2 is 1.76 bits per heavy atom. The van der Waals surface area contributed by atoms with Crippen molar-refractivity contribution in [1.29, 1.82) is 0 Å². The Balaban J connectivity index is 1.68. The van der Waals surface area contributed by atoms with Crippen LogP contribution in [0, 0.1) is 11.8 Å². The SMILES string of the molecule is CC1CCC(N(C)CCC2CCCC2N)CC1. The van der Waals surface area contributed by atoms with Crippen molar-refractivity contribution in [3.8, 4) is 0 Å². The molecule has 2 fully saturated rings. The van der Waals surface area contributed by atoms with Crippen LogP contribution in [-0.4, -0.2) is 30.6 Å². The van der Waals surface area contributed by atoms with Gasteiger partial charge in [0, 0.05) is 12.1 Å². The molecular weight excluding hydrogens is 208 g/mol. The van der Waals surface area contributed by atoms with Crippen molar-refractivity contribution < 1.29 is 0 Å². The van der Waals surface area contributed by atoms with Crippen LogP contribution < -0.4 is 5.73 Å². The van der Waals surface area contributed by atoms with E-state index < -0.39 is 0 Å². The smallest absolute Gasteiger partial charge is 0.00924 e. The average molecular weight is 238 g/mol. The third-order valence-corrected chi connectivity index (χ3v) is 5.18. The van der Waals surface area contributed by atoms with E-state index in [1.165, 1.54) is 57.9 Å². The van der Waals surface area contributed by atoms with Crippen LogP contribution >= 0.6 is 0 Å². The molecule has 2 atom stereocenters. The highest BCUT2D eigenvalue weighted by molar-refractivity contribution is 4.82. The molecule has 0 amide bonds. The first-order valence-electron chi connectivity index (χ1n) is 7.62. The van der Waals surface area contributed by atoms with Crippen LogP contribution in [0.3, 0.4) is 0 Å². The van der Waals surface area contributed by atoms with E-state index >= 15 is 0 Å². The molecule has 0 heterocycles. The Kier molecular flexibility index (Phi) is 4.87. The summed E-state index contributed by atoms with van der Waals surface area (Å²) in [5.41, 5.74) is 6.14. The molecular formula is C15H30N2. The zero-order chi connectivity index (χ0) is 12.3. The number of nitrogens with zero attached hydrogens (tertiary/aromatic N) is 1. The first-order valence-corrected chi connectivity index (χ1v) is 7.62. The Bertz CT molecular complexity index is 221. The van der Waals surface area contributed by atoms with Crippen LogP contribution in [0.25, 0.3) is 0 Å². The Morgan fingerprint density at radius 1 is 1.06 bits per heavy atom. The largest absolute Gasteiger partial charge is 0.327 e. The summed E-state index contributed by atoms with van der Waals surface area (Å²) in [6, 6.07) is 1.35. The molecule has 0 aliphatic heterocycles. The molecule has 0 bridgehead atoms. The van der Waals surface area contributed by atoms with E-state index in [-0.39, 0.29) is 0 Å². The lowest BCUT2D eigenvalue weighted by Crippen LogP contribution is -2.37. The molecule has 0 saturated heterocycles. The predicted octanol–water partition coefficient (Wildman–Crippen LogP) is 3.01. The summed E-state index contributed by atoms with van der Waals surface area (Å²) in [5.74, 6) is 1.77. The van der Waals surface area contributed by atoms with E-state index in [1.807, 2.05) is 0 Å². The predicted molar refractivity (Wildman–Crippen MR) is 74.0 cm³/mol. The molecule has 0 aromatic rings. The lowest BCUT2D eigenvalue weighted by Gasteiger charge is -2.34. The van der Waals surface area contributed by atoms with Gasteiger partial charge in [0.05, 0.1) is 0 Å². The number of rotatable bonds is 4. The van der Waals surface area contributed by atoms with Gasteiger partial charge in [0.2, 0.25) is 0 Å². The van der Waals surface area contributed by atoms with Crippen molar-refractivity contribution in [2.75, 3.05) is 13.6 Å². The van der Waals surface area contributed by atoms with Crippen LogP contribution in [0.15, 0.2) is 0 Å². The van der Waals surface area contributed by atoms with Gasteiger partial charge in [-0.25, -0.2) is 0 Å². The van der Waals surface area contributed by atoms with E-state index in [0.717, 1.165) is 17.9 Å². The molecule has 100 valence electrons. The second-order valence-corrected chi connectivity index (χ2v) is 6.54. The van der Waals surface area contributed by atoms with Gasteiger partial charge in [-0.3, -0.25) is 0 Å². The molecule has 2 rings (SSSR count). The highest BCUT2D eigenvalue weighted by atomic mass is 15.1. The molecule has 2 nitrogen and oxygen atoms in total. The van der Waals surface area contributed by atoms with Crippen molar-refractivity contribution in [1.82, 2.24) is 4.90 Å². The van der Waals surface area contributed by atoms with Crippen molar-refractivity contribution in [3.05, 3.63) is 0 Å². The fourth-order valence-electron chi connectivity index (χ4n) is 3.66. The molecule has 0 aromatic heterocycles. The van der Waals surface area contributed by atoms with Crippen molar-refractivity contribution in [2.45, 2.75) is 70.4 Å². The van der Waals surface area contributed by atoms with Crippen LogP contribution in [0.2, 0.25) is 0 Å². The van der Waals surface area contributed by atoms with Gasteiger partial charge in [0.1, 0.15) is 0 Å². The lowest BCUT2D eigenvalue weighted by molar-refractivity contribution is 0.160. The molecule has 0 spiro atoms. The van der Waals surface area contributed by atoms with Gasteiger partial charge in [-0.2, -0.15) is 0 Å². The van der Waals surface area contributed by atoms with Gasteiger partial charge in [-0.1, -0.05) is 13.3 Å². The van der Waals surface area contributed by atoms with Crippen molar-refractivity contribution in [2.24, 2.45) is 17.6 Å². The highest BCUT2D eigenvalue weighted by Crippen LogP contribution is 2.29. The maximum absolute atomic E-state index is 6.14. The van der Waals surface area contributed by atoms with Gasteiger partial charge in [-0.15, -0.1) is 0 Å². The first kappa shape index (κ1) is 13.4. The van der Waals surface area contributed by atoms with E-state index in [4.69, 9.17) is 5.73 Å². The first-order chi connectivity index (χ1) is 8.16. The summed E-state index contributed by atoms with van der Waals surface area (Å²) >= 11 is 0. The van der Waals surface area contributed by atoms with Crippen LogP contribution in [0.1, 0.15) is 58.3 Å². The average Bonchev–Trinajstić information content (AvgIpc) is 2.73. The van der Waals surface area contributed by atoms with Gasteiger partial charge in [0.25, 0.3) is 0 Å². The lowest BCUT2D eigenvalue weighted by atomic mass is 9.86. The fourth-order valence-corrected chi connectivity index (χ4v) is 3.66. The topological polar surface area (TPSA) is 29.3 Å². The standard InChI is InChI=1S/C15H30N2/c1-12-6-8-14(9-7-12)17(2)11-10-13-4-3-5-15(13)16/h12-15H,3-11,16H2,1-2H3. The second-order valence-electron chi connectivity index (χ2n) is 6.54. The minimum atomic E-state index is 0.495. The van der Waals surface area contributed by atoms with Gasteiger partial charge in [-0.05, 0) is 70.4 Å². The van der Waals surface area contributed by atoms with E-state index in [9.17, 15) is 0 Å². The molecule has 0 radical (unpaired) electrons. The van der Waals surface area contributed by atoms with Crippen molar-refractivity contribution in [3.63, 3.8) is 0 Å². The summed E-state index contributed by atoms with van der Waals surface area (Å²) < 4.78 is 0. The second kappa shape index (κ2) is 6.19. The normalized spacial score (nSPS) is 38.8. The highest BCUT2D eigenvalue weighted by Gasteiger charge is 2.26. The van der Waals surface area contributed by atoms with Crippen LogP contribution in [-0.2, 0) is 0 Å². The molecule has 2 saturated carbocycles. The zero-order valence-corrected chi connectivity index (χ0v) is 11.7. The summed E-state index contributed by atoms with van der Waals surface area (Å²) in [5, 5.41) is 0. The van der Waals surface area contributed by atoms with Crippen molar-refractivity contribution >= 4 is 0 Å². The molecule has 2 unspecified atom stereocenters. The monoisotopic (exact) mass is 238 g/mol. The summed E-state index contributed by atoms with van der Waals surface area (Å²) in [7, 11) is 2.32. The van der Waals surface area contributed by atoms with Gasteiger partial charge in [0.15, 0.2) is 0 Å².